The van der Waals surface area contributed by atoms with Crippen LogP contribution in [0.5, 0.6) is 0 Å². The highest BCUT2D eigenvalue weighted by atomic mass is 35.5. The van der Waals surface area contributed by atoms with E-state index >= 15 is 0 Å². The molecule has 9 heteroatoms. The van der Waals surface area contributed by atoms with Gasteiger partial charge in [0.15, 0.2) is 11.0 Å². The number of hydrogen-bond donors (Lipinski definition) is 0. The minimum atomic E-state index is -0.595. The van der Waals surface area contributed by atoms with Gasteiger partial charge in [-0.1, -0.05) is 23.2 Å². The van der Waals surface area contributed by atoms with E-state index in [9.17, 15) is 9.18 Å². The molecular formula is C20H23Cl2FN4O2. The number of carbonyl (C=O) groups excluding carboxylic acids is 1. The molecule has 0 radical (unpaired) electrons. The Morgan fingerprint density at radius 1 is 1.21 bits per heavy atom. The summed E-state index contributed by atoms with van der Waals surface area (Å²) in [4.78, 5) is 25.1. The topological polar surface area (TPSA) is 58.6 Å². The Morgan fingerprint density at radius 3 is 2.41 bits per heavy atom. The molecule has 0 spiro atoms. The summed E-state index contributed by atoms with van der Waals surface area (Å²) < 4.78 is 20.3. The maximum atomic E-state index is 14.7. The standard InChI is InChI=1S/C20H23Cl2FN4O2/c1-10-14-13(7-24-17(22)15(14)23)18(25-16(10)21)26-8-11-5-6-12(9-26)27(11)19(28)29-20(2,3)4/h7,11-12H,5-6,8-9H2,1-4H3. The van der Waals surface area contributed by atoms with Crippen molar-refractivity contribution in [3.8, 4) is 0 Å². The number of amides is 1. The van der Waals surface area contributed by atoms with Crippen LogP contribution in [0.3, 0.4) is 0 Å². The second-order valence-corrected chi connectivity index (χ2v) is 9.40. The van der Waals surface area contributed by atoms with Gasteiger partial charge in [0.25, 0.3) is 0 Å². The van der Waals surface area contributed by atoms with E-state index in [0.717, 1.165) is 12.8 Å². The normalized spacial score (nSPS) is 21.8. The molecule has 2 aliphatic heterocycles. The first-order valence-corrected chi connectivity index (χ1v) is 10.4. The average molecular weight is 441 g/mol. The van der Waals surface area contributed by atoms with Crippen molar-refractivity contribution in [2.75, 3.05) is 18.0 Å². The van der Waals surface area contributed by atoms with E-state index < -0.39 is 11.4 Å². The molecule has 29 heavy (non-hydrogen) atoms. The van der Waals surface area contributed by atoms with Crippen LogP contribution < -0.4 is 4.90 Å². The van der Waals surface area contributed by atoms with E-state index in [1.165, 1.54) is 6.20 Å². The number of pyridine rings is 2. The van der Waals surface area contributed by atoms with Crippen LogP contribution >= 0.6 is 23.2 Å². The number of hydrogen-bond acceptors (Lipinski definition) is 5. The molecule has 0 aliphatic carbocycles. The van der Waals surface area contributed by atoms with Crippen LogP contribution in [0.25, 0.3) is 10.8 Å². The van der Waals surface area contributed by atoms with Crippen LogP contribution in [0.4, 0.5) is 15.0 Å². The number of fused-ring (bicyclic) bond motifs is 3. The van der Waals surface area contributed by atoms with Crippen LogP contribution in [0.2, 0.25) is 10.3 Å². The molecule has 2 aromatic heterocycles. The minimum Gasteiger partial charge on any atom is -0.444 e. The molecule has 2 fully saturated rings. The molecular weight excluding hydrogens is 418 g/mol. The molecule has 2 saturated heterocycles. The molecule has 6 nitrogen and oxygen atoms in total. The summed E-state index contributed by atoms with van der Waals surface area (Å²) in [5.74, 6) is -0.0259. The second-order valence-electron chi connectivity index (χ2n) is 8.68. The van der Waals surface area contributed by atoms with Crippen LogP contribution in [-0.2, 0) is 4.74 Å². The Kier molecular flexibility index (Phi) is 5.02. The van der Waals surface area contributed by atoms with E-state index in [0.29, 0.717) is 35.2 Å². The molecule has 0 saturated carbocycles. The molecule has 156 valence electrons. The number of aromatic nitrogens is 2. The molecule has 2 bridgehead atoms. The van der Waals surface area contributed by atoms with Gasteiger partial charge in [-0.05, 0) is 46.1 Å². The van der Waals surface area contributed by atoms with Crippen molar-refractivity contribution in [2.45, 2.75) is 58.2 Å². The van der Waals surface area contributed by atoms with Gasteiger partial charge in [0.2, 0.25) is 0 Å². The number of anilines is 1. The maximum Gasteiger partial charge on any atom is 0.410 e. The minimum absolute atomic E-state index is 0.00522. The summed E-state index contributed by atoms with van der Waals surface area (Å²) in [6, 6.07) is 0.0104. The average Bonchev–Trinajstić information content (AvgIpc) is 2.89. The van der Waals surface area contributed by atoms with Gasteiger partial charge in [-0.15, -0.1) is 0 Å². The quantitative estimate of drug-likeness (QED) is 0.585. The zero-order valence-electron chi connectivity index (χ0n) is 16.8. The lowest BCUT2D eigenvalue weighted by Gasteiger charge is -2.42. The fourth-order valence-electron chi connectivity index (χ4n) is 4.27. The summed E-state index contributed by atoms with van der Waals surface area (Å²) in [5, 5.41) is 0.944. The summed E-state index contributed by atoms with van der Waals surface area (Å²) in [6.45, 7) is 8.44. The lowest BCUT2D eigenvalue weighted by atomic mass is 10.1. The van der Waals surface area contributed by atoms with Crippen molar-refractivity contribution < 1.29 is 13.9 Å². The third-order valence-corrected chi connectivity index (χ3v) is 6.12. The smallest absolute Gasteiger partial charge is 0.410 e. The number of ether oxygens (including phenoxy) is 1. The molecule has 2 unspecified atom stereocenters. The van der Waals surface area contributed by atoms with Gasteiger partial charge in [0, 0.05) is 30.1 Å². The third kappa shape index (κ3) is 3.59. The Balaban J connectivity index is 1.69. The van der Waals surface area contributed by atoms with Crippen LogP contribution in [0.1, 0.15) is 39.2 Å². The number of nitrogens with zero attached hydrogens (tertiary/aromatic N) is 4. The molecule has 0 N–H and O–H groups in total. The van der Waals surface area contributed by atoms with Gasteiger partial charge in [-0.2, -0.15) is 0 Å². The fourth-order valence-corrected chi connectivity index (χ4v) is 4.59. The molecule has 1 amide bonds. The zero-order valence-corrected chi connectivity index (χ0v) is 18.3. The van der Waals surface area contributed by atoms with Crippen molar-refractivity contribution in [1.29, 1.82) is 0 Å². The number of carbonyl (C=O) groups is 1. The van der Waals surface area contributed by atoms with Crippen molar-refractivity contribution in [3.05, 3.63) is 27.9 Å². The van der Waals surface area contributed by atoms with Crippen LogP contribution in [0, 0.1) is 12.7 Å². The lowest BCUT2D eigenvalue weighted by Crippen LogP contribution is -2.57. The molecule has 4 rings (SSSR count). The second kappa shape index (κ2) is 7.13. The number of rotatable bonds is 1. The van der Waals surface area contributed by atoms with E-state index in [-0.39, 0.29) is 28.5 Å². The van der Waals surface area contributed by atoms with Gasteiger partial charge in [-0.3, -0.25) is 4.90 Å². The van der Waals surface area contributed by atoms with Gasteiger partial charge in [-0.25, -0.2) is 19.2 Å². The van der Waals surface area contributed by atoms with Crippen molar-refractivity contribution in [1.82, 2.24) is 14.9 Å². The molecule has 2 atom stereocenters. The summed E-state index contributed by atoms with van der Waals surface area (Å²) in [7, 11) is 0. The molecule has 4 heterocycles. The Hall–Kier alpha value is -1.86. The Bertz CT molecular complexity index is 973. The van der Waals surface area contributed by atoms with Gasteiger partial charge in [0.1, 0.15) is 16.6 Å². The number of aryl methyl sites for hydroxylation is 1. The van der Waals surface area contributed by atoms with Crippen molar-refractivity contribution in [3.63, 3.8) is 0 Å². The lowest BCUT2D eigenvalue weighted by molar-refractivity contribution is 0.0123. The van der Waals surface area contributed by atoms with Crippen LogP contribution in [0.15, 0.2) is 6.20 Å². The highest BCUT2D eigenvalue weighted by Gasteiger charge is 2.45. The first kappa shape index (κ1) is 20.4. The number of piperazine rings is 1. The highest BCUT2D eigenvalue weighted by Crippen LogP contribution is 2.38. The molecule has 2 aliphatic rings. The maximum absolute atomic E-state index is 14.7. The van der Waals surface area contributed by atoms with Crippen molar-refractivity contribution >= 4 is 45.9 Å². The number of halogens is 3. The van der Waals surface area contributed by atoms with Gasteiger partial charge >= 0.3 is 6.09 Å². The van der Waals surface area contributed by atoms with Crippen LogP contribution in [-0.4, -0.2) is 51.7 Å². The third-order valence-electron chi connectivity index (χ3n) is 5.49. The predicted octanol–water partition coefficient (Wildman–Crippen LogP) is 4.97. The summed E-state index contributed by atoms with van der Waals surface area (Å²) >= 11 is 12.2. The Morgan fingerprint density at radius 2 is 1.83 bits per heavy atom. The van der Waals surface area contributed by atoms with Gasteiger partial charge < -0.3 is 9.64 Å². The van der Waals surface area contributed by atoms with E-state index in [4.69, 9.17) is 27.9 Å². The van der Waals surface area contributed by atoms with E-state index in [1.807, 2.05) is 25.7 Å². The van der Waals surface area contributed by atoms with Gasteiger partial charge in [0.05, 0.1) is 12.1 Å². The highest BCUT2D eigenvalue weighted by molar-refractivity contribution is 6.32. The molecule has 0 aromatic carbocycles. The molecule has 2 aromatic rings. The first-order valence-electron chi connectivity index (χ1n) is 9.63. The summed E-state index contributed by atoms with van der Waals surface area (Å²) in [6.07, 6.45) is 3.02. The zero-order chi connectivity index (χ0) is 21.1. The first-order chi connectivity index (χ1) is 13.6. The monoisotopic (exact) mass is 440 g/mol. The predicted molar refractivity (Wildman–Crippen MR) is 111 cm³/mol. The summed E-state index contributed by atoms with van der Waals surface area (Å²) in [5.41, 5.74) is -0.0131. The van der Waals surface area contributed by atoms with E-state index in [1.54, 1.807) is 6.92 Å². The SMILES string of the molecule is Cc1c(Cl)nc(N2CC3CCC(C2)N3C(=O)OC(C)(C)C)c2cnc(Cl)c(F)c12. The fraction of sp³-hybridized carbons (Fsp3) is 0.550. The Labute approximate surface area is 178 Å². The van der Waals surface area contributed by atoms with E-state index in [2.05, 4.69) is 14.9 Å². The largest absolute Gasteiger partial charge is 0.444 e. The van der Waals surface area contributed by atoms with Crippen molar-refractivity contribution in [2.24, 2.45) is 0 Å².